The van der Waals surface area contributed by atoms with Crippen LogP contribution in [-0.2, 0) is 14.6 Å². The number of amides is 1. The third-order valence-electron chi connectivity index (χ3n) is 4.16. The van der Waals surface area contributed by atoms with Crippen molar-refractivity contribution in [3.63, 3.8) is 0 Å². The summed E-state index contributed by atoms with van der Waals surface area (Å²) in [6, 6.07) is 9.61. The second-order valence-corrected chi connectivity index (χ2v) is 9.57. The number of hydrogen-bond donors (Lipinski definition) is 1. The molecule has 1 N–H and O–H groups in total. The summed E-state index contributed by atoms with van der Waals surface area (Å²) in [5.41, 5.74) is 2.79. The lowest BCUT2D eigenvalue weighted by atomic mass is 10.1. The molecule has 0 aliphatic heterocycles. The van der Waals surface area contributed by atoms with E-state index in [0.29, 0.717) is 16.9 Å². The Labute approximate surface area is 176 Å². The number of nitrogens with one attached hydrogen (secondary N) is 1. The quantitative estimate of drug-likeness (QED) is 0.366. The van der Waals surface area contributed by atoms with Crippen molar-refractivity contribution in [3.8, 4) is 11.8 Å². The number of aromatic nitrogens is 3. The summed E-state index contributed by atoms with van der Waals surface area (Å²) < 4.78 is 37.8. The highest BCUT2D eigenvalue weighted by atomic mass is 32.2. The van der Waals surface area contributed by atoms with Crippen molar-refractivity contribution in [2.24, 2.45) is 0 Å². The molecule has 0 fully saturated rings. The first-order valence-corrected chi connectivity index (χ1v) is 11.2. The number of sulfone groups is 1. The summed E-state index contributed by atoms with van der Waals surface area (Å²) in [5.74, 6) is -1.08. The Morgan fingerprint density at radius 3 is 2.50 bits per heavy atom. The van der Waals surface area contributed by atoms with Gasteiger partial charge in [-0.25, -0.2) is 12.8 Å². The first-order chi connectivity index (χ1) is 14.1. The third-order valence-corrected chi connectivity index (χ3v) is 6.67. The van der Waals surface area contributed by atoms with Crippen LogP contribution in [-0.4, -0.2) is 35.3 Å². The van der Waals surface area contributed by atoms with Crippen LogP contribution in [0.15, 0.2) is 40.2 Å². The van der Waals surface area contributed by atoms with Gasteiger partial charge in [-0.2, -0.15) is 5.26 Å². The van der Waals surface area contributed by atoms with E-state index in [1.165, 1.54) is 18.2 Å². The number of anilines is 1. The van der Waals surface area contributed by atoms with Gasteiger partial charge in [0.2, 0.25) is 19.3 Å². The van der Waals surface area contributed by atoms with Gasteiger partial charge in [0.15, 0.2) is 0 Å². The minimum Gasteiger partial charge on any atom is -0.318 e. The van der Waals surface area contributed by atoms with E-state index in [4.69, 9.17) is 0 Å². The van der Waals surface area contributed by atoms with Crippen LogP contribution in [0.4, 0.5) is 9.52 Å². The van der Waals surface area contributed by atoms with Crippen LogP contribution in [0.5, 0.6) is 0 Å². The standard InChI is InChI=1S/C19H16FN5O3S2/c1-11-8-13(12(2)25(11)16-6-4-15(20)5-7-16)9-14(10-21)17(26)22-18-23-24-19(29-18)30(3,27)28/h4-9H,1-3H3,(H,22,23,26)/b14-9-. The van der Waals surface area contributed by atoms with Crippen LogP contribution < -0.4 is 5.32 Å². The molecule has 154 valence electrons. The zero-order chi connectivity index (χ0) is 22.1. The fraction of sp³-hybridized carbons (Fsp3) is 0.158. The molecule has 1 amide bonds. The van der Waals surface area contributed by atoms with E-state index in [1.807, 2.05) is 24.5 Å². The molecule has 8 nitrogen and oxygen atoms in total. The van der Waals surface area contributed by atoms with Crippen LogP contribution in [0, 0.1) is 31.0 Å². The van der Waals surface area contributed by atoms with Crippen molar-refractivity contribution in [1.82, 2.24) is 14.8 Å². The van der Waals surface area contributed by atoms with Gasteiger partial charge in [0.1, 0.15) is 17.5 Å². The van der Waals surface area contributed by atoms with Crippen LogP contribution in [0.25, 0.3) is 11.8 Å². The molecule has 2 heterocycles. The number of benzene rings is 1. The molecular weight excluding hydrogens is 429 g/mol. The molecular formula is C19H16FN5O3S2. The SMILES string of the molecule is Cc1cc(/C=C(/C#N)C(=O)Nc2nnc(S(C)(=O)=O)s2)c(C)n1-c1ccc(F)cc1. The van der Waals surface area contributed by atoms with Crippen molar-refractivity contribution in [3.05, 3.63) is 58.7 Å². The predicted molar refractivity (Wildman–Crippen MR) is 110 cm³/mol. The van der Waals surface area contributed by atoms with Crippen molar-refractivity contribution in [1.29, 1.82) is 5.26 Å². The topological polar surface area (TPSA) is 118 Å². The van der Waals surface area contributed by atoms with Crippen molar-refractivity contribution in [2.45, 2.75) is 18.2 Å². The van der Waals surface area contributed by atoms with Gasteiger partial charge in [-0.05, 0) is 55.8 Å². The largest absolute Gasteiger partial charge is 0.318 e. The zero-order valence-electron chi connectivity index (χ0n) is 16.2. The van der Waals surface area contributed by atoms with Gasteiger partial charge in [0, 0.05) is 23.3 Å². The first-order valence-electron chi connectivity index (χ1n) is 8.51. The van der Waals surface area contributed by atoms with E-state index in [0.717, 1.165) is 23.3 Å². The Morgan fingerprint density at radius 1 is 1.27 bits per heavy atom. The molecule has 0 aliphatic rings. The highest BCUT2D eigenvalue weighted by Crippen LogP contribution is 2.24. The van der Waals surface area contributed by atoms with Crippen molar-refractivity contribution < 1.29 is 17.6 Å². The summed E-state index contributed by atoms with van der Waals surface area (Å²) in [6.07, 6.45) is 2.41. The monoisotopic (exact) mass is 445 g/mol. The van der Waals surface area contributed by atoms with Gasteiger partial charge < -0.3 is 4.57 Å². The van der Waals surface area contributed by atoms with Crippen LogP contribution in [0.3, 0.4) is 0 Å². The maximum atomic E-state index is 13.2. The van der Waals surface area contributed by atoms with Crippen LogP contribution >= 0.6 is 11.3 Å². The molecule has 0 radical (unpaired) electrons. The molecule has 0 saturated carbocycles. The molecule has 0 spiro atoms. The average molecular weight is 446 g/mol. The maximum Gasteiger partial charge on any atom is 0.268 e. The van der Waals surface area contributed by atoms with E-state index in [-0.39, 0.29) is 20.9 Å². The molecule has 1 aromatic carbocycles. The Bertz CT molecular complexity index is 1300. The fourth-order valence-corrected chi connectivity index (χ4v) is 4.30. The van der Waals surface area contributed by atoms with Crippen LogP contribution in [0.1, 0.15) is 17.0 Å². The maximum absolute atomic E-state index is 13.2. The van der Waals surface area contributed by atoms with Gasteiger partial charge in [0.25, 0.3) is 5.91 Å². The smallest absolute Gasteiger partial charge is 0.268 e. The molecule has 0 saturated heterocycles. The Morgan fingerprint density at radius 2 is 1.93 bits per heavy atom. The second kappa shape index (κ2) is 8.17. The lowest BCUT2D eigenvalue weighted by Crippen LogP contribution is -2.13. The summed E-state index contributed by atoms with van der Waals surface area (Å²) in [4.78, 5) is 12.5. The number of nitriles is 1. The minimum absolute atomic E-state index is 0.0293. The number of carbonyl (C=O) groups excluding carboxylic acids is 1. The number of carbonyl (C=O) groups is 1. The number of nitrogens with zero attached hydrogens (tertiary/aromatic N) is 4. The van der Waals surface area contributed by atoms with E-state index >= 15 is 0 Å². The Kier molecular flexibility index (Phi) is 5.82. The first kappa shape index (κ1) is 21.4. The Balaban J connectivity index is 1.90. The molecule has 3 aromatic rings. The normalized spacial score (nSPS) is 11.9. The van der Waals surface area contributed by atoms with Gasteiger partial charge in [-0.1, -0.05) is 11.3 Å². The van der Waals surface area contributed by atoms with Crippen molar-refractivity contribution in [2.75, 3.05) is 11.6 Å². The highest BCUT2D eigenvalue weighted by molar-refractivity contribution is 7.92. The van der Waals surface area contributed by atoms with Crippen LogP contribution in [0.2, 0.25) is 0 Å². The van der Waals surface area contributed by atoms with Gasteiger partial charge in [0.05, 0.1) is 0 Å². The molecule has 3 rings (SSSR count). The van der Waals surface area contributed by atoms with Gasteiger partial charge in [-0.3, -0.25) is 10.1 Å². The summed E-state index contributed by atoms with van der Waals surface area (Å²) in [5, 5.41) is 18.9. The average Bonchev–Trinajstić information content (AvgIpc) is 3.25. The predicted octanol–water partition coefficient (Wildman–Crippen LogP) is 3.03. The zero-order valence-corrected chi connectivity index (χ0v) is 17.8. The molecule has 0 bridgehead atoms. The molecule has 0 atom stereocenters. The molecule has 11 heteroatoms. The van der Waals surface area contributed by atoms with E-state index < -0.39 is 15.7 Å². The van der Waals surface area contributed by atoms with Gasteiger partial charge in [-0.15, -0.1) is 10.2 Å². The van der Waals surface area contributed by atoms with Gasteiger partial charge >= 0.3 is 0 Å². The van der Waals surface area contributed by atoms with E-state index in [9.17, 15) is 22.9 Å². The van der Waals surface area contributed by atoms with Crippen molar-refractivity contribution >= 4 is 38.3 Å². The second-order valence-electron chi connectivity index (χ2n) is 6.41. The van der Waals surface area contributed by atoms with E-state index in [1.54, 1.807) is 18.2 Å². The lowest BCUT2D eigenvalue weighted by Gasteiger charge is -2.09. The summed E-state index contributed by atoms with van der Waals surface area (Å²) in [7, 11) is -3.54. The van der Waals surface area contributed by atoms with E-state index in [2.05, 4.69) is 15.5 Å². The number of aryl methyl sites for hydroxylation is 1. The Hall–Kier alpha value is -3.36. The molecule has 30 heavy (non-hydrogen) atoms. The molecule has 0 aliphatic carbocycles. The summed E-state index contributed by atoms with van der Waals surface area (Å²) in [6.45, 7) is 3.67. The summed E-state index contributed by atoms with van der Waals surface area (Å²) >= 11 is 0.697. The number of hydrogen-bond acceptors (Lipinski definition) is 7. The molecule has 0 unspecified atom stereocenters. The fourth-order valence-electron chi connectivity index (χ4n) is 2.80. The number of halogens is 1. The highest BCUT2D eigenvalue weighted by Gasteiger charge is 2.18. The molecule has 2 aromatic heterocycles. The number of rotatable bonds is 5. The lowest BCUT2D eigenvalue weighted by molar-refractivity contribution is -0.112. The minimum atomic E-state index is -3.54. The third kappa shape index (κ3) is 4.45.